The molecule has 0 fully saturated rings. The van der Waals surface area contributed by atoms with E-state index >= 15 is 0 Å². The van der Waals surface area contributed by atoms with Gasteiger partial charge in [0.25, 0.3) is 5.91 Å². The van der Waals surface area contributed by atoms with Crippen molar-refractivity contribution in [2.45, 2.75) is 20.3 Å². The number of carbonyl (C=O) groups is 1. The lowest BCUT2D eigenvalue weighted by molar-refractivity contribution is -0.112. The molecule has 4 heteroatoms. The van der Waals surface area contributed by atoms with Crippen LogP contribution >= 0.6 is 15.9 Å². The van der Waals surface area contributed by atoms with Crippen molar-refractivity contribution in [2.75, 3.05) is 5.32 Å². The van der Waals surface area contributed by atoms with Crippen molar-refractivity contribution in [3.63, 3.8) is 0 Å². The highest BCUT2D eigenvalue weighted by atomic mass is 79.9. The number of allylic oxidation sites excluding steroid dienone is 1. The second-order valence-electron chi connectivity index (χ2n) is 3.37. The van der Waals surface area contributed by atoms with Gasteiger partial charge in [-0.05, 0) is 31.5 Å². The fourth-order valence-corrected chi connectivity index (χ4v) is 1.54. The molecule has 0 saturated carbocycles. The Morgan fingerprint density at radius 1 is 1.56 bits per heavy atom. The molecule has 1 aromatic rings. The molecule has 0 saturated heterocycles. The third-order valence-corrected chi connectivity index (χ3v) is 2.54. The summed E-state index contributed by atoms with van der Waals surface area (Å²) in [6.45, 7) is 3.65. The van der Waals surface area contributed by atoms with Gasteiger partial charge in [-0.25, -0.2) is 4.39 Å². The number of rotatable bonds is 3. The van der Waals surface area contributed by atoms with E-state index in [-0.39, 0.29) is 11.6 Å². The monoisotopic (exact) mass is 285 g/mol. The molecule has 0 aromatic heterocycles. The summed E-state index contributed by atoms with van der Waals surface area (Å²) < 4.78 is 14.0. The second-order valence-corrected chi connectivity index (χ2v) is 4.29. The summed E-state index contributed by atoms with van der Waals surface area (Å²) in [5.41, 5.74) is 0.780. The lowest BCUT2D eigenvalue weighted by Gasteiger charge is -2.06. The Balaban J connectivity index is 2.81. The van der Waals surface area contributed by atoms with E-state index in [1.807, 2.05) is 6.92 Å². The van der Waals surface area contributed by atoms with Crippen molar-refractivity contribution in [3.05, 3.63) is 40.1 Å². The van der Waals surface area contributed by atoms with Gasteiger partial charge in [-0.15, -0.1) is 0 Å². The van der Waals surface area contributed by atoms with E-state index in [2.05, 4.69) is 21.2 Å². The minimum absolute atomic E-state index is 0.192. The quantitative estimate of drug-likeness (QED) is 0.839. The summed E-state index contributed by atoms with van der Waals surface area (Å²) in [6, 6.07) is 4.52. The lowest BCUT2D eigenvalue weighted by atomic mass is 10.2. The summed E-state index contributed by atoms with van der Waals surface area (Å²) in [4.78, 5) is 11.6. The Kier molecular flexibility index (Phi) is 4.68. The van der Waals surface area contributed by atoms with Crippen molar-refractivity contribution >= 4 is 27.5 Å². The molecule has 1 rings (SSSR count). The predicted molar refractivity (Wildman–Crippen MR) is 66.8 cm³/mol. The van der Waals surface area contributed by atoms with E-state index in [1.54, 1.807) is 19.1 Å². The normalized spacial score (nSPS) is 11.4. The second kappa shape index (κ2) is 5.80. The van der Waals surface area contributed by atoms with E-state index in [1.165, 1.54) is 12.1 Å². The molecule has 0 aliphatic carbocycles. The maximum atomic E-state index is 13.4. The molecule has 0 spiro atoms. The largest absolute Gasteiger partial charge is 0.320 e. The zero-order chi connectivity index (χ0) is 12.1. The molecule has 0 heterocycles. The number of nitrogens with one attached hydrogen (secondary N) is 1. The van der Waals surface area contributed by atoms with Crippen LogP contribution < -0.4 is 5.32 Å². The molecule has 0 atom stereocenters. The smallest absolute Gasteiger partial charge is 0.251 e. The number of amides is 1. The molecule has 1 aromatic carbocycles. The first-order valence-corrected chi connectivity index (χ1v) is 5.77. The first kappa shape index (κ1) is 12.9. The van der Waals surface area contributed by atoms with E-state index < -0.39 is 5.82 Å². The number of hydrogen-bond donors (Lipinski definition) is 1. The standard InChI is InChI=1S/C12H13BrFNO/c1-3-4-8(2)12(16)15-11-6-5-9(13)7-10(11)14/h4-7H,3H2,1-2H3,(H,15,16)/b8-4+. The molecule has 86 valence electrons. The Bertz CT molecular complexity index is 429. The average Bonchev–Trinajstić information content (AvgIpc) is 2.22. The molecule has 2 nitrogen and oxygen atoms in total. The number of anilines is 1. The van der Waals surface area contributed by atoms with E-state index in [0.717, 1.165) is 6.42 Å². The minimum atomic E-state index is -0.452. The van der Waals surface area contributed by atoms with Gasteiger partial charge in [0.15, 0.2) is 0 Å². The molecular weight excluding hydrogens is 273 g/mol. The van der Waals surface area contributed by atoms with E-state index in [4.69, 9.17) is 0 Å². The molecule has 0 aliphatic heterocycles. The van der Waals surface area contributed by atoms with E-state index in [0.29, 0.717) is 10.0 Å². The molecule has 0 bridgehead atoms. The molecule has 1 amide bonds. The SMILES string of the molecule is CC/C=C(\C)C(=O)Nc1ccc(Br)cc1F. The third-order valence-electron chi connectivity index (χ3n) is 2.05. The van der Waals surface area contributed by atoms with Crippen LogP contribution in [0.3, 0.4) is 0 Å². The number of benzene rings is 1. The van der Waals surface area contributed by atoms with Crippen molar-refractivity contribution in [1.82, 2.24) is 0 Å². The van der Waals surface area contributed by atoms with Gasteiger partial charge in [0.2, 0.25) is 0 Å². The fraction of sp³-hybridized carbons (Fsp3) is 0.250. The minimum Gasteiger partial charge on any atom is -0.320 e. The summed E-state index contributed by atoms with van der Waals surface area (Å²) >= 11 is 3.15. The average molecular weight is 286 g/mol. The Labute approximate surface area is 103 Å². The summed E-state index contributed by atoms with van der Waals surface area (Å²) in [7, 11) is 0. The summed E-state index contributed by atoms with van der Waals surface area (Å²) in [5.74, 6) is -0.727. The fourth-order valence-electron chi connectivity index (χ4n) is 1.21. The van der Waals surface area contributed by atoms with Crippen LogP contribution in [0.2, 0.25) is 0 Å². The van der Waals surface area contributed by atoms with Crippen molar-refractivity contribution < 1.29 is 9.18 Å². The Morgan fingerprint density at radius 3 is 2.81 bits per heavy atom. The van der Waals surface area contributed by atoms with Crippen LogP contribution in [0.1, 0.15) is 20.3 Å². The van der Waals surface area contributed by atoms with Crippen molar-refractivity contribution in [3.8, 4) is 0 Å². The van der Waals surface area contributed by atoms with Crippen LogP contribution in [0.5, 0.6) is 0 Å². The van der Waals surface area contributed by atoms with Crippen LogP contribution in [0.25, 0.3) is 0 Å². The van der Waals surface area contributed by atoms with Crippen molar-refractivity contribution in [2.24, 2.45) is 0 Å². The van der Waals surface area contributed by atoms with Gasteiger partial charge >= 0.3 is 0 Å². The van der Waals surface area contributed by atoms with Crippen LogP contribution in [0, 0.1) is 5.82 Å². The highest BCUT2D eigenvalue weighted by Crippen LogP contribution is 2.19. The van der Waals surface area contributed by atoms with Gasteiger partial charge in [-0.1, -0.05) is 28.9 Å². The van der Waals surface area contributed by atoms with E-state index in [9.17, 15) is 9.18 Å². The Morgan fingerprint density at radius 2 is 2.25 bits per heavy atom. The van der Waals surface area contributed by atoms with Gasteiger partial charge < -0.3 is 5.32 Å². The highest BCUT2D eigenvalue weighted by molar-refractivity contribution is 9.10. The van der Waals surface area contributed by atoms with Gasteiger partial charge in [-0.2, -0.15) is 0 Å². The molecule has 1 N–H and O–H groups in total. The lowest BCUT2D eigenvalue weighted by Crippen LogP contribution is -2.13. The maximum Gasteiger partial charge on any atom is 0.251 e. The van der Waals surface area contributed by atoms with Crippen LogP contribution in [-0.4, -0.2) is 5.91 Å². The number of carbonyl (C=O) groups excluding carboxylic acids is 1. The van der Waals surface area contributed by atoms with Crippen LogP contribution in [-0.2, 0) is 4.79 Å². The number of hydrogen-bond acceptors (Lipinski definition) is 1. The van der Waals surface area contributed by atoms with Gasteiger partial charge in [0.1, 0.15) is 5.82 Å². The predicted octanol–water partition coefficient (Wildman–Crippen LogP) is 3.88. The first-order valence-electron chi connectivity index (χ1n) is 4.97. The Hall–Kier alpha value is -1.16. The first-order chi connectivity index (χ1) is 7.54. The molecule has 0 radical (unpaired) electrons. The summed E-state index contributed by atoms with van der Waals surface area (Å²) in [5, 5.41) is 2.52. The van der Waals surface area contributed by atoms with Crippen LogP contribution in [0.4, 0.5) is 10.1 Å². The molecule has 0 unspecified atom stereocenters. The van der Waals surface area contributed by atoms with Gasteiger partial charge in [-0.3, -0.25) is 4.79 Å². The highest BCUT2D eigenvalue weighted by Gasteiger charge is 2.08. The zero-order valence-corrected chi connectivity index (χ0v) is 10.8. The molecular formula is C12H13BrFNO. The van der Waals surface area contributed by atoms with Crippen molar-refractivity contribution in [1.29, 1.82) is 0 Å². The summed E-state index contributed by atoms with van der Waals surface area (Å²) in [6.07, 6.45) is 2.58. The third kappa shape index (κ3) is 3.45. The molecule has 16 heavy (non-hydrogen) atoms. The topological polar surface area (TPSA) is 29.1 Å². The van der Waals surface area contributed by atoms with Gasteiger partial charge in [0.05, 0.1) is 5.69 Å². The molecule has 0 aliphatic rings. The van der Waals surface area contributed by atoms with Gasteiger partial charge in [0, 0.05) is 10.0 Å². The number of halogens is 2. The van der Waals surface area contributed by atoms with Crippen LogP contribution in [0.15, 0.2) is 34.3 Å². The zero-order valence-electron chi connectivity index (χ0n) is 9.18. The maximum absolute atomic E-state index is 13.4.